The second kappa shape index (κ2) is 6.15. The fraction of sp³-hybridized carbons (Fsp3) is 0.600. The van der Waals surface area contributed by atoms with Crippen molar-refractivity contribution in [2.45, 2.75) is 51.0 Å². The summed E-state index contributed by atoms with van der Waals surface area (Å²) < 4.78 is 12.8. The highest BCUT2D eigenvalue weighted by Gasteiger charge is 2.16. The average molecular weight is 235 g/mol. The summed E-state index contributed by atoms with van der Waals surface area (Å²) in [4.78, 5) is 0. The molecule has 0 aliphatic heterocycles. The second-order valence-electron chi connectivity index (χ2n) is 5.33. The SMILES string of the molecule is NC(Cc1ccc(F)cc1)CC1CCCCC1. The number of hydrogen-bond donors (Lipinski definition) is 1. The van der Waals surface area contributed by atoms with Crippen LogP contribution in [0.15, 0.2) is 24.3 Å². The molecule has 1 aromatic rings. The Kier molecular flexibility index (Phi) is 4.55. The Balaban J connectivity index is 1.79. The van der Waals surface area contributed by atoms with Crippen LogP contribution in [-0.4, -0.2) is 6.04 Å². The van der Waals surface area contributed by atoms with Crippen LogP contribution in [0.5, 0.6) is 0 Å². The molecular formula is C15H22FN. The van der Waals surface area contributed by atoms with E-state index in [0.717, 1.165) is 24.3 Å². The van der Waals surface area contributed by atoms with Gasteiger partial charge in [0.05, 0.1) is 0 Å². The van der Waals surface area contributed by atoms with Crippen molar-refractivity contribution in [3.8, 4) is 0 Å². The molecule has 0 bridgehead atoms. The van der Waals surface area contributed by atoms with Crippen LogP contribution in [0, 0.1) is 11.7 Å². The minimum atomic E-state index is -0.172. The highest BCUT2D eigenvalue weighted by molar-refractivity contribution is 5.17. The summed E-state index contributed by atoms with van der Waals surface area (Å²) in [7, 11) is 0. The van der Waals surface area contributed by atoms with Gasteiger partial charge in [0.15, 0.2) is 0 Å². The van der Waals surface area contributed by atoms with Gasteiger partial charge in [-0.15, -0.1) is 0 Å². The van der Waals surface area contributed by atoms with Crippen molar-refractivity contribution in [2.75, 3.05) is 0 Å². The van der Waals surface area contributed by atoms with E-state index in [0.29, 0.717) is 0 Å². The third kappa shape index (κ3) is 4.12. The van der Waals surface area contributed by atoms with Crippen molar-refractivity contribution in [3.05, 3.63) is 35.6 Å². The molecule has 0 heterocycles. The lowest BCUT2D eigenvalue weighted by molar-refractivity contribution is 0.317. The first-order valence-corrected chi connectivity index (χ1v) is 6.74. The lowest BCUT2D eigenvalue weighted by Gasteiger charge is -2.24. The molecule has 94 valence electrons. The van der Waals surface area contributed by atoms with E-state index in [1.54, 1.807) is 0 Å². The van der Waals surface area contributed by atoms with Gasteiger partial charge in [-0.2, -0.15) is 0 Å². The molecule has 1 aromatic carbocycles. The Morgan fingerprint density at radius 1 is 1.12 bits per heavy atom. The van der Waals surface area contributed by atoms with Crippen molar-refractivity contribution in [3.63, 3.8) is 0 Å². The van der Waals surface area contributed by atoms with E-state index in [1.807, 2.05) is 12.1 Å². The van der Waals surface area contributed by atoms with Crippen LogP contribution in [-0.2, 0) is 6.42 Å². The molecule has 1 nitrogen and oxygen atoms in total. The number of hydrogen-bond acceptors (Lipinski definition) is 1. The number of halogens is 1. The zero-order valence-corrected chi connectivity index (χ0v) is 10.4. The maximum atomic E-state index is 12.8. The van der Waals surface area contributed by atoms with E-state index in [-0.39, 0.29) is 11.9 Å². The Bertz CT molecular complexity index is 327. The fourth-order valence-corrected chi connectivity index (χ4v) is 2.86. The molecule has 1 aliphatic carbocycles. The monoisotopic (exact) mass is 235 g/mol. The van der Waals surface area contributed by atoms with Gasteiger partial charge in [-0.05, 0) is 36.5 Å². The Morgan fingerprint density at radius 2 is 1.76 bits per heavy atom. The predicted octanol–water partition coefficient (Wildman–Crippen LogP) is 3.67. The molecule has 2 heteroatoms. The standard InChI is InChI=1S/C15H22FN/c16-14-8-6-13(7-9-14)11-15(17)10-12-4-2-1-3-5-12/h6-9,12,15H,1-5,10-11,17H2. The molecule has 0 saturated heterocycles. The molecule has 2 N–H and O–H groups in total. The lowest BCUT2D eigenvalue weighted by Crippen LogP contribution is -2.27. The number of rotatable bonds is 4. The van der Waals surface area contributed by atoms with Crippen molar-refractivity contribution in [1.29, 1.82) is 0 Å². The van der Waals surface area contributed by atoms with Crippen molar-refractivity contribution >= 4 is 0 Å². The summed E-state index contributed by atoms with van der Waals surface area (Å²) in [6.07, 6.45) is 8.81. The van der Waals surface area contributed by atoms with Gasteiger partial charge in [-0.3, -0.25) is 0 Å². The van der Waals surface area contributed by atoms with Gasteiger partial charge in [0.2, 0.25) is 0 Å². The van der Waals surface area contributed by atoms with Crippen LogP contribution in [0.2, 0.25) is 0 Å². The van der Waals surface area contributed by atoms with Gasteiger partial charge < -0.3 is 5.73 Å². The predicted molar refractivity (Wildman–Crippen MR) is 69.3 cm³/mol. The van der Waals surface area contributed by atoms with Crippen LogP contribution < -0.4 is 5.73 Å². The van der Waals surface area contributed by atoms with Gasteiger partial charge in [0.25, 0.3) is 0 Å². The van der Waals surface area contributed by atoms with Crippen LogP contribution in [0.4, 0.5) is 4.39 Å². The molecule has 0 radical (unpaired) electrons. The highest BCUT2D eigenvalue weighted by Crippen LogP contribution is 2.27. The molecular weight excluding hydrogens is 213 g/mol. The fourth-order valence-electron chi connectivity index (χ4n) is 2.86. The molecule has 0 amide bonds. The van der Waals surface area contributed by atoms with E-state index in [1.165, 1.54) is 44.2 Å². The third-order valence-corrected chi connectivity index (χ3v) is 3.77. The molecule has 0 spiro atoms. The minimum Gasteiger partial charge on any atom is -0.327 e. The Labute approximate surface area is 103 Å². The molecule has 17 heavy (non-hydrogen) atoms. The Hall–Kier alpha value is -0.890. The number of nitrogens with two attached hydrogens (primary N) is 1. The van der Waals surface area contributed by atoms with E-state index >= 15 is 0 Å². The summed E-state index contributed by atoms with van der Waals surface area (Å²) in [5, 5.41) is 0. The van der Waals surface area contributed by atoms with Crippen molar-refractivity contribution in [1.82, 2.24) is 0 Å². The summed E-state index contributed by atoms with van der Waals surface area (Å²) >= 11 is 0. The molecule has 0 aromatic heterocycles. The molecule has 1 fully saturated rings. The first kappa shape index (κ1) is 12.6. The van der Waals surface area contributed by atoms with E-state index in [4.69, 9.17) is 5.73 Å². The van der Waals surface area contributed by atoms with Gasteiger partial charge in [0, 0.05) is 6.04 Å². The van der Waals surface area contributed by atoms with Crippen LogP contribution in [0.1, 0.15) is 44.1 Å². The quantitative estimate of drug-likeness (QED) is 0.846. The second-order valence-corrected chi connectivity index (χ2v) is 5.33. The topological polar surface area (TPSA) is 26.0 Å². The first-order chi connectivity index (χ1) is 8.24. The maximum Gasteiger partial charge on any atom is 0.123 e. The normalized spacial score (nSPS) is 19.2. The highest BCUT2D eigenvalue weighted by atomic mass is 19.1. The molecule has 1 atom stereocenters. The van der Waals surface area contributed by atoms with E-state index in [2.05, 4.69) is 0 Å². The molecule has 1 aliphatic rings. The summed E-state index contributed by atoms with van der Waals surface area (Å²) in [5.74, 6) is 0.647. The van der Waals surface area contributed by atoms with Crippen molar-refractivity contribution < 1.29 is 4.39 Å². The van der Waals surface area contributed by atoms with Gasteiger partial charge in [0.1, 0.15) is 5.82 Å². The molecule has 2 rings (SSSR count). The molecule has 1 unspecified atom stereocenters. The lowest BCUT2D eigenvalue weighted by atomic mass is 9.84. The summed E-state index contributed by atoms with van der Waals surface area (Å²) in [6, 6.07) is 6.95. The van der Waals surface area contributed by atoms with Gasteiger partial charge in [-0.1, -0.05) is 44.2 Å². The summed E-state index contributed by atoms with van der Waals surface area (Å²) in [6.45, 7) is 0. The van der Waals surface area contributed by atoms with Crippen molar-refractivity contribution in [2.24, 2.45) is 11.7 Å². The van der Waals surface area contributed by atoms with Crippen LogP contribution in [0.25, 0.3) is 0 Å². The van der Waals surface area contributed by atoms with Gasteiger partial charge >= 0.3 is 0 Å². The smallest absolute Gasteiger partial charge is 0.123 e. The first-order valence-electron chi connectivity index (χ1n) is 6.74. The zero-order valence-electron chi connectivity index (χ0n) is 10.4. The summed E-state index contributed by atoms with van der Waals surface area (Å²) in [5.41, 5.74) is 7.33. The maximum absolute atomic E-state index is 12.8. The molecule has 1 saturated carbocycles. The van der Waals surface area contributed by atoms with Crippen LogP contribution in [0.3, 0.4) is 0 Å². The zero-order chi connectivity index (χ0) is 12.1. The van der Waals surface area contributed by atoms with E-state index < -0.39 is 0 Å². The Morgan fingerprint density at radius 3 is 2.41 bits per heavy atom. The van der Waals surface area contributed by atoms with Gasteiger partial charge in [-0.25, -0.2) is 4.39 Å². The van der Waals surface area contributed by atoms with Crippen LogP contribution >= 0.6 is 0 Å². The minimum absolute atomic E-state index is 0.172. The van der Waals surface area contributed by atoms with E-state index in [9.17, 15) is 4.39 Å². The average Bonchev–Trinajstić information content (AvgIpc) is 2.33. The third-order valence-electron chi connectivity index (χ3n) is 3.77. The number of benzene rings is 1. The largest absolute Gasteiger partial charge is 0.327 e.